The highest BCUT2D eigenvalue weighted by Gasteiger charge is 2.25. The van der Waals surface area contributed by atoms with Gasteiger partial charge in [0, 0.05) is 25.7 Å². The highest BCUT2D eigenvalue weighted by molar-refractivity contribution is 5.78. The van der Waals surface area contributed by atoms with Gasteiger partial charge < -0.3 is 15.0 Å². The van der Waals surface area contributed by atoms with Crippen molar-refractivity contribution in [3.05, 3.63) is 0 Å². The first-order valence-electron chi connectivity index (χ1n) is 8.12. The highest BCUT2D eigenvalue weighted by atomic mass is 16.5. The Bertz CT molecular complexity index is 356. The lowest BCUT2D eigenvalue weighted by Gasteiger charge is -2.34. The predicted octanol–water partition coefficient (Wildman–Crippen LogP) is 1.21. The number of hydrogen-bond acceptors (Lipinski definition) is 4. The van der Waals surface area contributed by atoms with Crippen molar-refractivity contribution in [2.75, 3.05) is 39.3 Å². The van der Waals surface area contributed by atoms with Gasteiger partial charge in [0.05, 0.1) is 13.2 Å². The van der Waals surface area contributed by atoms with E-state index in [-0.39, 0.29) is 18.0 Å². The molecular formula is C15H27N3O3. The van der Waals surface area contributed by atoms with Crippen LogP contribution in [-0.4, -0.2) is 67.2 Å². The Morgan fingerprint density at radius 2 is 1.90 bits per heavy atom. The van der Waals surface area contributed by atoms with Crippen LogP contribution in [0.5, 0.6) is 0 Å². The summed E-state index contributed by atoms with van der Waals surface area (Å²) in [6.45, 7) is 6.12. The molecule has 6 nitrogen and oxygen atoms in total. The summed E-state index contributed by atoms with van der Waals surface area (Å²) in [4.78, 5) is 27.9. The van der Waals surface area contributed by atoms with Gasteiger partial charge in [-0.2, -0.15) is 0 Å². The van der Waals surface area contributed by atoms with E-state index in [0.717, 1.165) is 51.9 Å². The van der Waals surface area contributed by atoms with E-state index in [1.165, 1.54) is 6.42 Å². The van der Waals surface area contributed by atoms with Gasteiger partial charge in [-0.25, -0.2) is 4.79 Å². The molecule has 6 heteroatoms. The van der Waals surface area contributed by atoms with Crippen LogP contribution in [-0.2, 0) is 9.53 Å². The van der Waals surface area contributed by atoms with E-state index in [4.69, 9.17) is 4.74 Å². The molecule has 0 radical (unpaired) electrons. The summed E-state index contributed by atoms with van der Waals surface area (Å²) in [5.74, 6) is 0.228. The lowest BCUT2D eigenvalue weighted by atomic mass is 10.1. The van der Waals surface area contributed by atoms with Gasteiger partial charge in [-0.1, -0.05) is 0 Å². The molecule has 2 aliphatic rings. The first-order valence-corrected chi connectivity index (χ1v) is 8.12. The van der Waals surface area contributed by atoms with Crippen molar-refractivity contribution in [2.45, 2.75) is 45.1 Å². The van der Waals surface area contributed by atoms with Crippen molar-refractivity contribution in [2.24, 2.45) is 0 Å². The van der Waals surface area contributed by atoms with Crippen LogP contribution in [0.15, 0.2) is 0 Å². The molecule has 2 amide bonds. The zero-order valence-corrected chi connectivity index (χ0v) is 13.0. The molecule has 0 aromatic carbocycles. The molecular weight excluding hydrogens is 270 g/mol. The molecule has 0 unspecified atom stereocenters. The van der Waals surface area contributed by atoms with Crippen molar-refractivity contribution in [3.63, 3.8) is 0 Å². The number of piperidine rings is 2. The average molecular weight is 297 g/mol. The third kappa shape index (κ3) is 5.19. The van der Waals surface area contributed by atoms with Gasteiger partial charge in [-0.3, -0.25) is 9.69 Å². The minimum Gasteiger partial charge on any atom is -0.450 e. The monoisotopic (exact) mass is 297 g/mol. The molecule has 2 fully saturated rings. The average Bonchev–Trinajstić information content (AvgIpc) is 2.48. The lowest BCUT2D eigenvalue weighted by molar-refractivity contribution is -0.133. The number of ether oxygens (including phenoxy) is 1. The summed E-state index contributed by atoms with van der Waals surface area (Å²) in [7, 11) is 0. The third-order valence-electron chi connectivity index (χ3n) is 4.17. The molecule has 0 saturated carbocycles. The maximum atomic E-state index is 12.3. The van der Waals surface area contributed by atoms with Crippen LogP contribution in [0.3, 0.4) is 0 Å². The molecule has 0 aromatic heterocycles. The fourth-order valence-electron chi connectivity index (χ4n) is 3.09. The van der Waals surface area contributed by atoms with Gasteiger partial charge in [0.15, 0.2) is 0 Å². The second-order valence-electron chi connectivity index (χ2n) is 5.88. The number of likely N-dealkylation sites (tertiary alicyclic amines) is 2. The van der Waals surface area contributed by atoms with E-state index in [2.05, 4.69) is 10.2 Å². The molecule has 1 N–H and O–H groups in total. The highest BCUT2D eigenvalue weighted by Crippen LogP contribution is 2.13. The summed E-state index contributed by atoms with van der Waals surface area (Å²) < 4.78 is 4.91. The van der Waals surface area contributed by atoms with Gasteiger partial charge in [0.2, 0.25) is 5.91 Å². The second-order valence-corrected chi connectivity index (χ2v) is 5.88. The molecule has 0 bridgehead atoms. The third-order valence-corrected chi connectivity index (χ3v) is 4.17. The predicted molar refractivity (Wildman–Crippen MR) is 80.1 cm³/mol. The zero-order valence-electron chi connectivity index (χ0n) is 13.0. The SMILES string of the molecule is CCOC(=O)N[C@H]1CCCN(CC(=O)N2CCCCC2)C1. The Morgan fingerprint density at radius 3 is 2.62 bits per heavy atom. The number of nitrogens with zero attached hydrogens (tertiary/aromatic N) is 2. The smallest absolute Gasteiger partial charge is 0.407 e. The van der Waals surface area contributed by atoms with E-state index >= 15 is 0 Å². The van der Waals surface area contributed by atoms with Crippen molar-refractivity contribution in [1.82, 2.24) is 15.1 Å². The molecule has 2 aliphatic heterocycles. The summed E-state index contributed by atoms with van der Waals surface area (Å²) in [5.41, 5.74) is 0. The maximum Gasteiger partial charge on any atom is 0.407 e. The minimum absolute atomic E-state index is 0.0898. The number of nitrogens with one attached hydrogen (secondary N) is 1. The number of carbonyl (C=O) groups excluding carboxylic acids is 2. The van der Waals surface area contributed by atoms with Gasteiger partial charge in [-0.15, -0.1) is 0 Å². The number of carbonyl (C=O) groups is 2. The molecule has 21 heavy (non-hydrogen) atoms. The quantitative estimate of drug-likeness (QED) is 0.847. The summed E-state index contributed by atoms with van der Waals surface area (Å²) in [5, 5.41) is 2.87. The van der Waals surface area contributed by atoms with Crippen LogP contribution in [0.1, 0.15) is 39.0 Å². The van der Waals surface area contributed by atoms with Gasteiger partial charge >= 0.3 is 6.09 Å². The summed E-state index contributed by atoms with van der Waals surface area (Å²) >= 11 is 0. The van der Waals surface area contributed by atoms with Gasteiger partial charge in [0.25, 0.3) is 0 Å². The van der Waals surface area contributed by atoms with Crippen molar-refractivity contribution < 1.29 is 14.3 Å². The first-order chi connectivity index (χ1) is 10.2. The topological polar surface area (TPSA) is 61.9 Å². The van der Waals surface area contributed by atoms with Crippen molar-refractivity contribution >= 4 is 12.0 Å². The standard InChI is InChI=1S/C15H27N3O3/c1-2-21-15(20)16-13-7-6-8-17(11-13)12-14(19)18-9-4-3-5-10-18/h13H,2-12H2,1H3,(H,16,20)/t13-/m0/s1. The van der Waals surface area contributed by atoms with Crippen LogP contribution in [0.25, 0.3) is 0 Å². The van der Waals surface area contributed by atoms with E-state index in [1.807, 2.05) is 4.90 Å². The molecule has 2 rings (SSSR count). The Labute approximate surface area is 126 Å². The minimum atomic E-state index is -0.355. The molecule has 2 saturated heterocycles. The van der Waals surface area contributed by atoms with Gasteiger partial charge in [-0.05, 0) is 45.6 Å². The lowest BCUT2D eigenvalue weighted by Crippen LogP contribution is -2.51. The van der Waals surface area contributed by atoms with Crippen LogP contribution in [0.4, 0.5) is 4.79 Å². The maximum absolute atomic E-state index is 12.3. The zero-order chi connectivity index (χ0) is 15.1. The Balaban J connectivity index is 1.75. The summed E-state index contributed by atoms with van der Waals surface area (Å²) in [6, 6.07) is 0.0898. The van der Waals surface area contributed by atoms with E-state index in [0.29, 0.717) is 13.2 Å². The van der Waals surface area contributed by atoms with Crippen LogP contribution < -0.4 is 5.32 Å². The molecule has 0 aromatic rings. The fraction of sp³-hybridized carbons (Fsp3) is 0.867. The van der Waals surface area contributed by atoms with Crippen LogP contribution in [0, 0.1) is 0 Å². The van der Waals surface area contributed by atoms with Crippen LogP contribution >= 0.6 is 0 Å². The largest absolute Gasteiger partial charge is 0.450 e. The molecule has 0 aliphatic carbocycles. The van der Waals surface area contributed by atoms with Crippen LogP contribution in [0.2, 0.25) is 0 Å². The number of hydrogen-bond donors (Lipinski definition) is 1. The molecule has 0 spiro atoms. The van der Waals surface area contributed by atoms with E-state index < -0.39 is 0 Å². The Hall–Kier alpha value is -1.30. The molecule has 120 valence electrons. The normalized spacial score (nSPS) is 23.7. The Morgan fingerprint density at radius 1 is 1.14 bits per heavy atom. The van der Waals surface area contributed by atoms with Gasteiger partial charge in [0.1, 0.15) is 0 Å². The molecule has 1 atom stereocenters. The number of amides is 2. The first kappa shape index (κ1) is 16.1. The number of rotatable bonds is 4. The fourth-order valence-corrected chi connectivity index (χ4v) is 3.09. The summed E-state index contributed by atoms with van der Waals surface area (Å²) in [6.07, 6.45) is 5.08. The Kier molecular flexibility index (Phi) is 6.29. The van der Waals surface area contributed by atoms with E-state index in [1.54, 1.807) is 6.92 Å². The van der Waals surface area contributed by atoms with E-state index in [9.17, 15) is 9.59 Å². The van der Waals surface area contributed by atoms with Crippen molar-refractivity contribution in [1.29, 1.82) is 0 Å². The second kappa shape index (κ2) is 8.22. The number of alkyl carbamates (subject to hydrolysis) is 1. The van der Waals surface area contributed by atoms with Crippen molar-refractivity contribution in [3.8, 4) is 0 Å². The molecule has 2 heterocycles.